The fraction of sp³-hybridized carbons (Fsp3) is 0.741. The van der Waals surface area contributed by atoms with Crippen molar-refractivity contribution < 1.29 is 9.53 Å². The monoisotopic (exact) mass is 439 g/mol. The van der Waals surface area contributed by atoms with Gasteiger partial charge in [0, 0.05) is 62.3 Å². The first kappa shape index (κ1) is 22.2. The quantitative estimate of drug-likeness (QED) is 0.708. The second kappa shape index (κ2) is 9.34. The van der Waals surface area contributed by atoms with E-state index in [1.807, 2.05) is 0 Å². The van der Waals surface area contributed by atoms with Gasteiger partial charge in [-0.3, -0.25) is 9.69 Å². The fourth-order valence-corrected chi connectivity index (χ4v) is 6.59. The number of amides is 1. The number of morpholine rings is 1. The van der Waals surface area contributed by atoms with Crippen LogP contribution in [0.5, 0.6) is 0 Å². The molecule has 176 valence electrons. The van der Waals surface area contributed by atoms with Gasteiger partial charge in [-0.1, -0.05) is 39.2 Å². The third kappa shape index (κ3) is 4.56. The van der Waals surface area contributed by atoms with Gasteiger partial charge < -0.3 is 14.5 Å². The maximum Gasteiger partial charge on any atom is 0.226 e. The van der Waals surface area contributed by atoms with Crippen LogP contribution < -0.4 is 4.90 Å². The number of benzene rings is 1. The van der Waals surface area contributed by atoms with E-state index in [9.17, 15) is 4.79 Å². The van der Waals surface area contributed by atoms with Gasteiger partial charge in [-0.25, -0.2) is 0 Å². The minimum Gasteiger partial charge on any atom is -0.379 e. The number of hydrogen-bond acceptors (Lipinski definition) is 4. The number of fused-ring (bicyclic) bond motifs is 1. The molecular formula is C27H41N3O2. The molecule has 0 radical (unpaired) electrons. The van der Waals surface area contributed by atoms with Crippen LogP contribution in [0, 0.1) is 5.92 Å². The molecule has 1 amide bonds. The molecule has 0 bridgehead atoms. The number of carbonyl (C=O) groups excluding carboxylic acids is 1. The molecule has 1 aromatic rings. The molecule has 4 aliphatic rings. The standard InChI is InChI=1S/C27H41N3O2/c1-27(2)20-30(26(31)21-6-4-3-5-7-21)19-22-18-24(8-9-25(22)27)28-12-10-23(11-13-28)29-14-16-32-17-15-29/h8-9,18,21,23H,3-7,10-17,19-20H2,1-2H3. The molecule has 0 aromatic heterocycles. The van der Waals surface area contributed by atoms with E-state index in [0.717, 1.165) is 65.3 Å². The van der Waals surface area contributed by atoms with Gasteiger partial charge in [0.1, 0.15) is 0 Å². The predicted octanol–water partition coefficient (Wildman–Crippen LogP) is 4.19. The number of anilines is 1. The topological polar surface area (TPSA) is 36.0 Å². The van der Waals surface area contributed by atoms with Gasteiger partial charge in [0.15, 0.2) is 0 Å². The summed E-state index contributed by atoms with van der Waals surface area (Å²) in [5.74, 6) is 0.656. The Morgan fingerprint density at radius 1 is 0.969 bits per heavy atom. The zero-order valence-corrected chi connectivity index (χ0v) is 20.2. The Morgan fingerprint density at radius 3 is 2.41 bits per heavy atom. The van der Waals surface area contributed by atoms with Gasteiger partial charge in [-0.15, -0.1) is 0 Å². The lowest BCUT2D eigenvalue weighted by molar-refractivity contribution is -0.138. The van der Waals surface area contributed by atoms with Crippen LogP contribution >= 0.6 is 0 Å². The Morgan fingerprint density at radius 2 is 1.69 bits per heavy atom. The summed E-state index contributed by atoms with van der Waals surface area (Å²) in [6, 6.07) is 7.78. The van der Waals surface area contributed by atoms with E-state index in [4.69, 9.17) is 4.74 Å². The number of hydrogen-bond donors (Lipinski definition) is 0. The van der Waals surface area contributed by atoms with Crippen LogP contribution in [0.3, 0.4) is 0 Å². The van der Waals surface area contributed by atoms with E-state index >= 15 is 0 Å². The smallest absolute Gasteiger partial charge is 0.226 e. The van der Waals surface area contributed by atoms with Crippen molar-refractivity contribution in [3.63, 3.8) is 0 Å². The normalized spacial score (nSPS) is 25.6. The molecule has 32 heavy (non-hydrogen) atoms. The van der Waals surface area contributed by atoms with Crippen molar-refractivity contribution in [3.8, 4) is 0 Å². The zero-order valence-electron chi connectivity index (χ0n) is 20.2. The molecular weight excluding hydrogens is 398 g/mol. The second-order valence-corrected chi connectivity index (χ2v) is 11.1. The lowest BCUT2D eigenvalue weighted by Crippen LogP contribution is -2.49. The maximum atomic E-state index is 13.3. The Kier molecular flexibility index (Phi) is 6.48. The van der Waals surface area contributed by atoms with Gasteiger partial charge in [-0.2, -0.15) is 0 Å². The highest BCUT2D eigenvalue weighted by atomic mass is 16.5. The lowest BCUT2D eigenvalue weighted by atomic mass is 9.77. The molecule has 3 aliphatic heterocycles. The molecule has 3 fully saturated rings. The van der Waals surface area contributed by atoms with Gasteiger partial charge in [0.2, 0.25) is 5.91 Å². The molecule has 0 N–H and O–H groups in total. The molecule has 1 saturated carbocycles. The SMILES string of the molecule is CC1(C)CN(C(=O)C2CCCCC2)Cc2cc(N3CCC(N4CCOCC4)CC3)ccc21. The first-order valence-corrected chi connectivity index (χ1v) is 13.0. The average Bonchev–Trinajstić information content (AvgIpc) is 2.84. The third-order valence-corrected chi connectivity index (χ3v) is 8.42. The Hall–Kier alpha value is -1.59. The first-order chi connectivity index (χ1) is 15.5. The molecule has 0 unspecified atom stereocenters. The summed E-state index contributed by atoms with van der Waals surface area (Å²) in [6.07, 6.45) is 8.36. The van der Waals surface area contributed by atoms with Crippen LogP contribution in [0.25, 0.3) is 0 Å². The van der Waals surface area contributed by atoms with Crippen LogP contribution in [0.15, 0.2) is 18.2 Å². The highest BCUT2D eigenvalue weighted by Crippen LogP contribution is 2.37. The highest BCUT2D eigenvalue weighted by Gasteiger charge is 2.37. The summed E-state index contributed by atoms with van der Waals surface area (Å²) in [5.41, 5.74) is 4.14. The Balaban J connectivity index is 1.28. The summed E-state index contributed by atoms with van der Waals surface area (Å²) >= 11 is 0. The summed E-state index contributed by atoms with van der Waals surface area (Å²) in [7, 11) is 0. The summed E-state index contributed by atoms with van der Waals surface area (Å²) in [5, 5.41) is 0. The van der Waals surface area contributed by atoms with Gasteiger partial charge in [-0.05, 0) is 48.9 Å². The van der Waals surface area contributed by atoms with E-state index in [2.05, 4.69) is 46.7 Å². The van der Waals surface area contributed by atoms with Crippen molar-refractivity contribution in [1.29, 1.82) is 0 Å². The Labute approximate surface area is 194 Å². The fourth-order valence-electron chi connectivity index (χ4n) is 6.59. The maximum absolute atomic E-state index is 13.3. The van der Waals surface area contributed by atoms with E-state index in [1.165, 1.54) is 48.9 Å². The molecule has 5 nitrogen and oxygen atoms in total. The van der Waals surface area contributed by atoms with E-state index in [0.29, 0.717) is 11.9 Å². The summed E-state index contributed by atoms with van der Waals surface area (Å²) in [6.45, 7) is 12.4. The van der Waals surface area contributed by atoms with Crippen LogP contribution in [0.2, 0.25) is 0 Å². The number of ether oxygens (including phenoxy) is 1. The second-order valence-electron chi connectivity index (χ2n) is 11.1. The predicted molar refractivity (Wildman–Crippen MR) is 129 cm³/mol. The van der Waals surface area contributed by atoms with Crippen molar-refractivity contribution >= 4 is 11.6 Å². The largest absolute Gasteiger partial charge is 0.379 e. The molecule has 5 rings (SSSR count). The first-order valence-electron chi connectivity index (χ1n) is 13.0. The minimum absolute atomic E-state index is 0.0137. The van der Waals surface area contributed by atoms with Crippen molar-refractivity contribution in [2.24, 2.45) is 5.92 Å². The van der Waals surface area contributed by atoms with Gasteiger partial charge in [0.25, 0.3) is 0 Å². The molecule has 1 aromatic carbocycles. The highest BCUT2D eigenvalue weighted by molar-refractivity contribution is 5.79. The molecule has 5 heteroatoms. The zero-order chi connectivity index (χ0) is 22.1. The van der Waals surface area contributed by atoms with Crippen molar-refractivity contribution in [3.05, 3.63) is 29.3 Å². The summed E-state index contributed by atoms with van der Waals surface area (Å²) < 4.78 is 5.53. The van der Waals surface area contributed by atoms with Crippen LogP contribution in [0.4, 0.5) is 5.69 Å². The number of piperidine rings is 1. The van der Waals surface area contributed by atoms with Crippen LogP contribution in [0.1, 0.15) is 69.9 Å². The third-order valence-electron chi connectivity index (χ3n) is 8.42. The van der Waals surface area contributed by atoms with E-state index in [1.54, 1.807) is 0 Å². The Bertz CT molecular complexity index is 803. The number of nitrogens with zero attached hydrogens (tertiary/aromatic N) is 3. The molecule has 2 saturated heterocycles. The molecule has 0 spiro atoms. The lowest BCUT2D eigenvalue weighted by Gasteiger charge is -2.43. The minimum atomic E-state index is 0.0137. The van der Waals surface area contributed by atoms with E-state index < -0.39 is 0 Å². The summed E-state index contributed by atoms with van der Waals surface area (Å²) in [4.78, 5) is 20.7. The average molecular weight is 440 g/mol. The van der Waals surface area contributed by atoms with E-state index in [-0.39, 0.29) is 11.3 Å². The molecule has 3 heterocycles. The molecule has 0 atom stereocenters. The van der Waals surface area contributed by atoms with Gasteiger partial charge in [0.05, 0.1) is 13.2 Å². The van der Waals surface area contributed by atoms with Crippen LogP contribution in [-0.2, 0) is 21.5 Å². The van der Waals surface area contributed by atoms with Crippen molar-refractivity contribution in [2.75, 3.05) is 50.8 Å². The van der Waals surface area contributed by atoms with Crippen molar-refractivity contribution in [2.45, 2.75) is 76.8 Å². The number of carbonyl (C=O) groups is 1. The van der Waals surface area contributed by atoms with Crippen molar-refractivity contribution in [1.82, 2.24) is 9.80 Å². The van der Waals surface area contributed by atoms with Gasteiger partial charge >= 0.3 is 0 Å². The van der Waals surface area contributed by atoms with Crippen LogP contribution in [-0.4, -0.2) is 67.7 Å². The number of rotatable bonds is 3. The molecule has 1 aliphatic carbocycles.